The van der Waals surface area contributed by atoms with Crippen LogP contribution in [0.1, 0.15) is 29.1 Å². The molecular weight excluding hydrogens is 289 g/mol. The fourth-order valence-corrected chi connectivity index (χ4v) is 1.75. The van der Waals surface area contributed by atoms with Gasteiger partial charge in [0.1, 0.15) is 16.6 Å². The van der Waals surface area contributed by atoms with Crippen LogP contribution in [0.2, 0.25) is 10.2 Å². The summed E-state index contributed by atoms with van der Waals surface area (Å²) >= 11 is 11.6. The number of nitrogens with one attached hydrogen (secondary N) is 1. The molecule has 1 N–H and O–H groups in total. The molecule has 7 heteroatoms. The second-order valence-corrected chi connectivity index (χ2v) is 4.52. The fraction of sp³-hybridized carbons (Fsp3) is 0.250. The molecule has 100 valence electrons. The van der Waals surface area contributed by atoms with Crippen molar-refractivity contribution in [3.8, 4) is 0 Å². The Labute approximate surface area is 119 Å². The molecule has 0 saturated heterocycles. The van der Waals surface area contributed by atoms with Crippen LogP contribution in [0.5, 0.6) is 0 Å². The first-order valence-corrected chi connectivity index (χ1v) is 6.39. The molecule has 0 bridgehead atoms. The molecule has 0 aliphatic heterocycles. The molecule has 0 unspecified atom stereocenters. The zero-order chi connectivity index (χ0) is 13.8. The predicted octanol–water partition coefficient (Wildman–Crippen LogP) is 2.87. The summed E-state index contributed by atoms with van der Waals surface area (Å²) < 4.78 is 5.37. The first kappa shape index (κ1) is 13.8. The van der Waals surface area contributed by atoms with Crippen LogP contribution in [0.3, 0.4) is 0 Å². The quantitative estimate of drug-likeness (QED) is 0.882. The minimum atomic E-state index is -0.427. The van der Waals surface area contributed by atoms with Crippen LogP contribution in [0.4, 0.5) is 0 Å². The van der Waals surface area contributed by atoms with Crippen molar-refractivity contribution in [3.05, 3.63) is 45.9 Å². The lowest BCUT2D eigenvalue weighted by Gasteiger charge is -2.04. The van der Waals surface area contributed by atoms with E-state index in [9.17, 15) is 4.79 Å². The van der Waals surface area contributed by atoms with E-state index in [-0.39, 0.29) is 22.4 Å². The summed E-state index contributed by atoms with van der Waals surface area (Å²) in [6.45, 7) is 2.13. The summed E-state index contributed by atoms with van der Waals surface area (Å²) in [5.41, 5.74) is 0.0800. The van der Waals surface area contributed by atoms with Gasteiger partial charge in [0.15, 0.2) is 0 Å². The van der Waals surface area contributed by atoms with E-state index < -0.39 is 5.91 Å². The third-order valence-corrected chi connectivity index (χ3v) is 2.89. The lowest BCUT2D eigenvalue weighted by Crippen LogP contribution is -2.24. The molecule has 2 rings (SSSR count). The summed E-state index contributed by atoms with van der Waals surface area (Å²) in [7, 11) is 0. The lowest BCUT2D eigenvalue weighted by atomic mass is 10.3. The molecule has 0 atom stereocenters. The van der Waals surface area contributed by atoms with E-state index in [4.69, 9.17) is 27.6 Å². The van der Waals surface area contributed by atoms with Crippen LogP contribution in [-0.2, 0) is 13.0 Å². The van der Waals surface area contributed by atoms with Gasteiger partial charge in [0.2, 0.25) is 5.89 Å². The maximum Gasteiger partial charge on any atom is 0.271 e. The Hall–Kier alpha value is -1.59. The van der Waals surface area contributed by atoms with Crippen LogP contribution in [-0.4, -0.2) is 15.9 Å². The molecule has 2 aromatic rings. The summed E-state index contributed by atoms with van der Waals surface area (Å²) in [4.78, 5) is 19.8. The number of pyridine rings is 1. The molecule has 0 radical (unpaired) electrons. The highest BCUT2D eigenvalue weighted by molar-refractivity contribution is 6.34. The Balaban J connectivity index is 2.03. The Morgan fingerprint density at radius 3 is 2.89 bits per heavy atom. The van der Waals surface area contributed by atoms with E-state index in [2.05, 4.69) is 15.3 Å². The number of rotatable bonds is 4. The molecule has 0 fully saturated rings. The van der Waals surface area contributed by atoms with Gasteiger partial charge < -0.3 is 9.73 Å². The van der Waals surface area contributed by atoms with Crippen molar-refractivity contribution < 1.29 is 9.21 Å². The van der Waals surface area contributed by atoms with E-state index in [1.54, 1.807) is 6.20 Å². The number of halogens is 2. The summed E-state index contributed by atoms with van der Waals surface area (Å²) in [5.74, 6) is 0.773. The summed E-state index contributed by atoms with van der Waals surface area (Å²) in [6, 6.07) is 3.04. The summed E-state index contributed by atoms with van der Waals surface area (Å²) in [5, 5.41) is 3.07. The van der Waals surface area contributed by atoms with Crippen LogP contribution in [0.15, 0.2) is 22.7 Å². The van der Waals surface area contributed by atoms with Gasteiger partial charge in [-0.05, 0) is 12.1 Å². The van der Waals surface area contributed by atoms with Gasteiger partial charge in [-0.25, -0.2) is 9.97 Å². The van der Waals surface area contributed by atoms with E-state index in [0.29, 0.717) is 5.89 Å². The first-order chi connectivity index (χ1) is 9.10. The topological polar surface area (TPSA) is 68.0 Å². The fourth-order valence-electron chi connectivity index (χ4n) is 1.41. The Morgan fingerprint density at radius 1 is 1.42 bits per heavy atom. The van der Waals surface area contributed by atoms with Crippen molar-refractivity contribution in [1.29, 1.82) is 0 Å². The second kappa shape index (κ2) is 6.04. The maximum atomic E-state index is 11.9. The van der Waals surface area contributed by atoms with Crippen LogP contribution < -0.4 is 5.32 Å². The van der Waals surface area contributed by atoms with E-state index in [1.165, 1.54) is 12.1 Å². The Bertz CT molecular complexity index is 598. The van der Waals surface area contributed by atoms with Crippen LogP contribution in [0, 0.1) is 0 Å². The largest absolute Gasteiger partial charge is 0.444 e. The number of hydrogen-bond acceptors (Lipinski definition) is 4. The van der Waals surface area contributed by atoms with E-state index in [0.717, 1.165) is 12.2 Å². The van der Waals surface area contributed by atoms with Crippen molar-refractivity contribution in [2.75, 3.05) is 0 Å². The van der Waals surface area contributed by atoms with Crippen molar-refractivity contribution in [3.63, 3.8) is 0 Å². The van der Waals surface area contributed by atoms with Gasteiger partial charge in [0.05, 0.1) is 17.8 Å². The number of hydrogen-bond donors (Lipinski definition) is 1. The molecule has 5 nitrogen and oxygen atoms in total. The van der Waals surface area contributed by atoms with Gasteiger partial charge in [-0.1, -0.05) is 30.1 Å². The minimum Gasteiger partial charge on any atom is -0.444 e. The smallest absolute Gasteiger partial charge is 0.271 e. The van der Waals surface area contributed by atoms with Gasteiger partial charge in [-0.15, -0.1) is 0 Å². The lowest BCUT2D eigenvalue weighted by molar-refractivity contribution is 0.0942. The third-order valence-electron chi connectivity index (χ3n) is 2.38. The van der Waals surface area contributed by atoms with Crippen molar-refractivity contribution in [2.24, 2.45) is 0 Å². The molecule has 2 aromatic heterocycles. The van der Waals surface area contributed by atoms with E-state index >= 15 is 0 Å². The number of nitrogens with zero attached hydrogens (tertiary/aromatic N) is 2. The molecular formula is C12H11Cl2N3O2. The van der Waals surface area contributed by atoms with Gasteiger partial charge in [0, 0.05) is 6.42 Å². The molecule has 19 heavy (non-hydrogen) atoms. The molecule has 0 aromatic carbocycles. The second-order valence-electron chi connectivity index (χ2n) is 3.72. The zero-order valence-corrected chi connectivity index (χ0v) is 11.6. The monoisotopic (exact) mass is 299 g/mol. The molecule has 0 aliphatic rings. The van der Waals surface area contributed by atoms with E-state index in [1.807, 2.05) is 6.92 Å². The first-order valence-electron chi connectivity index (χ1n) is 5.64. The van der Waals surface area contributed by atoms with Crippen molar-refractivity contribution in [1.82, 2.24) is 15.3 Å². The van der Waals surface area contributed by atoms with Crippen molar-refractivity contribution in [2.45, 2.75) is 19.9 Å². The Kier molecular flexibility index (Phi) is 4.39. The number of carbonyl (C=O) groups is 1. The molecule has 0 spiro atoms. The highest BCUT2D eigenvalue weighted by Gasteiger charge is 2.13. The third kappa shape index (κ3) is 3.45. The number of oxazole rings is 1. The van der Waals surface area contributed by atoms with Crippen LogP contribution >= 0.6 is 23.2 Å². The van der Waals surface area contributed by atoms with Gasteiger partial charge in [0.25, 0.3) is 5.91 Å². The standard InChI is InChI=1S/C12H11Cl2N3O2/c1-2-7-5-15-10(19-7)6-16-12(18)11-8(13)3-4-9(14)17-11/h3-5H,2,6H2,1H3,(H,16,18). The molecule has 2 heterocycles. The number of carbonyl (C=O) groups excluding carboxylic acids is 1. The van der Waals surface area contributed by atoms with Crippen LogP contribution in [0.25, 0.3) is 0 Å². The highest BCUT2D eigenvalue weighted by Crippen LogP contribution is 2.16. The average molecular weight is 300 g/mol. The van der Waals surface area contributed by atoms with Gasteiger partial charge >= 0.3 is 0 Å². The minimum absolute atomic E-state index is 0.0800. The van der Waals surface area contributed by atoms with Gasteiger partial charge in [-0.3, -0.25) is 4.79 Å². The zero-order valence-electron chi connectivity index (χ0n) is 10.1. The maximum absolute atomic E-state index is 11.9. The molecule has 0 aliphatic carbocycles. The molecule has 0 saturated carbocycles. The average Bonchev–Trinajstić information content (AvgIpc) is 2.87. The van der Waals surface area contributed by atoms with Crippen molar-refractivity contribution >= 4 is 29.1 Å². The number of aryl methyl sites for hydroxylation is 1. The highest BCUT2D eigenvalue weighted by atomic mass is 35.5. The SMILES string of the molecule is CCc1cnc(CNC(=O)c2nc(Cl)ccc2Cl)o1. The predicted molar refractivity (Wildman–Crippen MR) is 71.3 cm³/mol. The van der Waals surface area contributed by atoms with Gasteiger partial charge in [-0.2, -0.15) is 0 Å². The normalized spacial score (nSPS) is 10.5. The molecule has 1 amide bonds. The summed E-state index contributed by atoms with van der Waals surface area (Å²) in [6.07, 6.45) is 2.38. The number of aromatic nitrogens is 2. The Morgan fingerprint density at radius 2 is 2.21 bits per heavy atom. The number of amides is 1.